The SMILES string of the molecule is CCCNC(CC1CCC1)c1oc2ccc(F)cc2c1C. The highest BCUT2D eigenvalue weighted by Crippen LogP contribution is 2.38. The lowest BCUT2D eigenvalue weighted by molar-refractivity contribution is 0.247. The van der Waals surface area contributed by atoms with E-state index in [-0.39, 0.29) is 11.9 Å². The van der Waals surface area contributed by atoms with Crippen LogP contribution in [0.3, 0.4) is 0 Å². The molecule has 0 amide bonds. The fraction of sp³-hybridized carbons (Fsp3) is 0.556. The molecule has 1 aliphatic carbocycles. The summed E-state index contributed by atoms with van der Waals surface area (Å²) >= 11 is 0. The number of benzene rings is 1. The van der Waals surface area contributed by atoms with Gasteiger partial charge in [0, 0.05) is 10.9 Å². The lowest BCUT2D eigenvalue weighted by Gasteiger charge is -2.29. The highest BCUT2D eigenvalue weighted by molar-refractivity contribution is 5.82. The molecule has 1 saturated carbocycles. The zero-order valence-electron chi connectivity index (χ0n) is 12.9. The van der Waals surface area contributed by atoms with Crippen LogP contribution in [0.2, 0.25) is 0 Å². The van der Waals surface area contributed by atoms with Gasteiger partial charge in [-0.25, -0.2) is 4.39 Å². The predicted molar refractivity (Wildman–Crippen MR) is 83.9 cm³/mol. The molecule has 2 nitrogen and oxygen atoms in total. The fourth-order valence-electron chi connectivity index (χ4n) is 3.21. The van der Waals surface area contributed by atoms with Gasteiger partial charge in [0.15, 0.2) is 0 Å². The molecule has 3 rings (SSSR count). The van der Waals surface area contributed by atoms with Gasteiger partial charge in [0.1, 0.15) is 17.2 Å². The third-order valence-electron chi connectivity index (χ3n) is 4.69. The van der Waals surface area contributed by atoms with Crippen molar-refractivity contribution in [3.8, 4) is 0 Å². The maximum Gasteiger partial charge on any atom is 0.134 e. The number of rotatable bonds is 6. The van der Waals surface area contributed by atoms with Gasteiger partial charge in [-0.3, -0.25) is 0 Å². The van der Waals surface area contributed by atoms with Crippen molar-refractivity contribution in [2.75, 3.05) is 6.54 Å². The smallest absolute Gasteiger partial charge is 0.134 e. The van der Waals surface area contributed by atoms with Gasteiger partial charge in [0.25, 0.3) is 0 Å². The summed E-state index contributed by atoms with van der Waals surface area (Å²) in [5.74, 6) is 1.61. The summed E-state index contributed by atoms with van der Waals surface area (Å²) in [6.07, 6.45) is 6.25. The second-order valence-corrected chi connectivity index (χ2v) is 6.27. The Morgan fingerprint density at radius 3 is 2.86 bits per heavy atom. The van der Waals surface area contributed by atoms with Crippen LogP contribution >= 0.6 is 0 Å². The first-order valence-electron chi connectivity index (χ1n) is 8.11. The maximum absolute atomic E-state index is 13.4. The van der Waals surface area contributed by atoms with Crippen molar-refractivity contribution in [2.24, 2.45) is 5.92 Å². The molecule has 1 unspecified atom stereocenters. The molecular formula is C18H24FNO. The van der Waals surface area contributed by atoms with Gasteiger partial charge in [-0.1, -0.05) is 26.2 Å². The van der Waals surface area contributed by atoms with Crippen LogP contribution < -0.4 is 5.32 Å². The van der Waals surface area contributed by atoms with Crippen molar-refractivity contribution in [1.29, 1.82) is 0 Å². The number of fused-ring (bicyclic) bond motifs is 1. The Bertz CT molecular complexity index is 615. The average molecular weight is 289 g/mol. The van der Waals surface area contributed by atoms with E-state index in [1.165, 1.54) is 25.3 Å². The molecule has 0 radical (unpaired) electrons. The van der Waals surface area contributed by atoms with Crippen LogP contribution in [0.1, 0.15) is 56.4 Å². The quantitative estimate of drug-likeness (QED) is 0.799. The van der Waals surface area contributed by atoms with Crippen molar-refractivity contribution in [3.63, 3.8) is 0 Å². The first-order chi connectivity index (χ1) is 10.2. The zero-order chi connectivity index (χ0) is 14.8. The average Bonchev–Trinajstić information content (AvgIpc) is 2.74. The van der Waals surface area contributed by atoms with Gasteiger partial charge in [0.2, 0.25) is 0 Å². The molecular weight excluding hydrogens is 265 g/mol. The van der Waals surface area contributed by atoms with Crippen molar-refractivity contribution in [2.45, 2.75) is 52.0 Å². The standard InChI is InChI=1S/C18H24FNO/c1-3-9-20-16(10-13-5-4-6-13)18-12(2)15-11-14(19)7-8-17(15)21-18/h7-8,11,13,16,20H,3-6,9-10H2,1-2H3. The summed E-state index contributed by atoms with van der Waals surface area (Å²) in [5.41, 5.74) is 1.87. The Balaban J connectivity index is 1.91. The molecule has 1 aliphatic rings. The number of hydrogen-bond acceptors (Lipinski definition) is 2. The molecule has 1 aromatic heterocycles. The first-order valence-corrected chi connectivity index (χ1v) is 8.11. The monoisotopic (exact) mass is 289 g/mol. The molecule has 21 heavy (non-hydrogen) atoms. The molecule has 1 N–H and O–H groups in total. The lowest BCUT2D eigenvalue weighted by atomic mass is 9.80. The van der Waals surface area contributed by atoms with Crippen molar-refractivity contribution in [3.05, 3.63) is 35.3 Å². The van der Waals surface area contributed by atoms with Gasteiger partial charge >= 0.3 is 0 Å². The molecule has 1 aromatic carbocycles. The minimum Gasteiger partial charge on any atom is -0.459 e. The zero-order valence-corrected chi connectivity index (χ0v) is 12.9. The van der Waals surface area contributed by atoms with E-state index < -0.39 is 0 Å². The van der Waals surface area contributed by atoms with E-state index in [2.05, 4.69) is 12.2 Å². The highest BCUT2D eigenvalue weighted by Gasteiger charge is 2.26. The Labute approximate surface area is 125 Å². The van der Waals surface area contributed by atoms with E-state index >= 15 is 0 Å². The van der Waals surface area contributed by atoms with E-state index in [1.807, 2.05) is 6.92 Å². The lowest BCUT2D eigenvalue weighted by Crippen LogP contribution is -2.26. The Morgan fingerprint density at radius 2 is 2.19 bits per heavy atom. The van der Waals surface area contributed by atoms with E-state index in [4.69, 9.17) is 4.42 Å². The molecule has 1 heterocycles. The van der Waals surface area contributed by atoms with Gasteiger partial charge in [0.05, 0.1) is 6.04 Å². The molecule has 0 saturated heterocycles. The third-order valence-corrected chi connectivity index (χ3v) is 4.69. The Morgan fingerprint density at radius 1 is 1.38 bits per heavy atom. The van der Waals surface area contributed by atoms with Gasteiger partial charge in [-0.15, -0.1) is 0 Å². The van der Waals surface area contributed by atoms with Gasteiger partial charge < -0.3 is 9.73 Å². The van der Waals surface area contributed by atoms with E-state index in [0.717, 1.165) is 47.6 Å². The maximum atomic E-state index is 13.4. The second-order valence-electron chi connectivity index (χ2n) is 6.27. The van der Waals surface area contributed by atoms with Crippen LogP contribution in [0.5, 0.6) is 0 Å². The summed E-state index contributed by atoms with van der Waals surface area (Å²) in [7, 11) is 0. The number of nitrogens with one attached hydrogen (secondary N) is 1. The molecule has 2 aromatic rings. The van der Waals surface area contributed by atoms with Crippen LogP contribution in [0.25, 0.3) is 11.0 Å². The topological polar surface area (TPSA) is 25.2 Å². The number of halogens is 1. The summed E-state index contributed by atoms with van der Waals surface area (Å²) < 4.78 is 19.5. The minimum absolute atomic E-state index is 0.199. The minimum atomic E-state index is -0.199. The number of aryl methyl sites for hydroxylation is 1. The van der Waals surface area contributed by atoms with Crippen LogP contribution in [-0.2, 0) is 0 Å². The first kappa shape index (κ1) is 14.6. The molecule has 1 fully saturated rings. The van der Waals surface area contributed by atoms with Crippen molar-refractivity contribution >= 4 is 11.0 Å². The van der Waals surface area contributed by atoms with Crippen LogP contribution in [0, 0.1) is 18.7 Å². The van der Waals surface area contributed by atoms with Gasteiger partial charge in [-0.2, -0.15) is 0 Å². The van der Waals surface area contributed by atoms with E-state index in [9.17, 15) is 4.39 Å². The van der Waals surface area contributed by atoms with Crippen LogP contribution in [-0.4, -0.2) is 6.54 Å². The molecule has 0 spiro atoms. The molecule has 3 heteroatoms. The van der Waals surface area contributed by atoms with Crippen LogP contribution in [0.15, 0.2) is 22.6 Å². The van der Waals surface area contributed by atoms with Crippen molar-refractivity contribution in [1.82, 2.24) is 5.32 Å². The van der Waals surface area contributed by atoms with E-state index in [0.29, 0.717) is 0 Å². The molecule has 0 aliphatic heterocycles. The van der Waals surface area contributed by atoms with Crippen LogP contribution in [0.4, 0.5) is 4.39 Å². The molecule has 1 atom stereocenters. The summed E-state index contributed by atoms with van der Waals surface area (Å²) in [6.45, 7) is 5.21. The summed E-state index contributed by atoms with van der Waals surface area (Å²) in [4.78, 5) is 0. The number of furan rings is 1. The van der Waals surface area contributed by atoms with E-state index in [1.54, 1.807) is 12.1 Å². The summed E-state index contributed by atoms with van der Waals surface area (Å²) in [6, 6.07) is 5.04. The predicted octanol–water partition coefficient (Wildman–Crippen LogP) is 5.11. The normalized spacial score (nSPS) is 17.1. The Kier molecular flexibility index (Phi) is 4.29. The number of hydrogen-bond donors (Lipinski definition) is 1. The Hall–Kier alpha value is -1.35. The third kappa shape index (κ3) is 2.98. The fourth-order valence-corrected chi connectivity index (χ4v) is 3.21. The van der Waals surface area contributed by atoms with Gasteiger partial charge in [-0.05, 0) is 50.4 Å². The summed E-state index contributed by atoms with van der Waals surface area (Å²) in [5, 5.41) is 4.52. The second kappa shape index (κ2) is 6.18. The highest BCUT2D eigenvalue weighted by atomic mass is 19.1. The van der Waals surface area contributed by atoms with Crippen molar-refractivity contribution < 1.29 is 8.81 Å². The molecule has 0 bridgehead atoms. The largest absolute Gasteiger partial charge is 0.459 e. The molecule has 114 valence electrons.